The summed E-state index contributed by atoms with van der Waals surface area (Å²) in [6, 6.07) is 17.8. The highest BCUT2D eigenvalue weighted by molar-refractivity contribution is 5.78. The van der Waals surface area contributed by atoms with Crippen LogP contribution in [-0.2, 0) is 4.79 Å². The van der Waals surface area contributed by atoms with Gasteiger partial charge in [-0.05, 0) is 53.9 Å². The van der Waals surface area contributed by atoms with E-state index >= 15 is 0 Å². The largest absolute Gasteiger partial charge is 0.483 e. The van der Waals surface area contributed by atoms with E-state index < -0.39 is 0 Å². The molecule has 0 aliphatic carbocycles. The van der Waals surface area contributed by atoms with Gasteiger partial charge in [-0.3, -0.25) is 4.79 Å². The number of carbonyl (C=O) groups excluding carboxylic acids is 1. The van der Waals surface area contributed by atoms with Crippen LogP contribution in [0.15, 0.2) is 60.7 Å². The minimum atomic E-state index is -0.278. The average molecular weight is 435 g/mol. The monoisotopic (exact) mass is 434 g/mol. The van der Waals surface area contributed by atoms with Crippen LogP contribution in [0.1, 0.15) is 25.3 Å². The van der Waals surface area contributed by atoms with Crippen LogP contribution in [0.25, 0.3) is 11.3 Å². The number of ether oxygens (including phenoxy) is 1. The molecule has 0 bridgehead atoms. The molecule has 7 heteroatoms. The zero-order valence-corrected chi connectivity index (χ0v) is 18.4. The van der Waals surface area contributed by atoms with Crippen molar-refractivity contribution in [2.24, 2.45) is 0 Å². The Bertz CT molecular complexity index is 1050. The van der Waals surface area contributed by atoms with Crippen molar-refractivity contribution in [2.75, 3.05) is 37.7 Å². The lowest BCUT2D eigenvalue weighted by Crippen LogP contribution is -2.50. The Kier molecular flexibility index (Phi) is 6.63. The zero-order chi connectivity index (χ0) is 22.5. The first-order valence-electron chi connectivity index (χ1n) is 10.9. The summed E-state index contributed by atoms with van der Waals surface area (Å²) < 4.78 is 18.9. The number of hydrogen-bond donors (Lipinski definition) is 0. The molecule has 2 aromatic carbocycles. The second-order valence-electron chi connectivity index (χ2n) is 8.13. The van der Waals surface area contributed by atoms with Crippen molar-refractivity contribution < 1.29 is 13.9 Å². The van der Waals surface area contributed by atoms with Gasteiger partial charge in [-0.2, -0.15) is 0 Å². The summed E-state index contributed by atoms with van der Waals surface area (Å²) in [5.74, 6) is 1.58. The molecule has 1 fully saturated rings. The van der Waals surface area contributed by atoms with Gasteiger partial charge in [0.1, 0.15) is 11.6 Å². The van der Waals surface area contributed by atoms with Crippen LogP contribution in [0.2, 0.25) is 0 Å². The zero-order valence-electron chi connectivity index (χ0n) is 18.4. The fourth-order valence-electron chi connectivity index (χ4n) is 3.77. The molecular formula is C25H27FN4O2. The summed E-state index contributed by atoms with van der Waals surface area (Å²) in [6.07, 6.45) is 0. The van der Waals surface area contributed by atoms with E-state index in [0.29, 0.717) is 37.8 Å². The van der Waals surface area contributed by atoms with Gasteiger partial charge >= 0.3 is 0 Å². The minimum absolute atomic E-state index is 0.0130. The SMILES string of the molecule is CC(C)c1ccccc1OCC(=O)N1CCN(c2ccc(-c3ccc(F)cc3)nn2)CC1. The Morgan fingerprint density at radius 2 is 1.69 bits per heavy atom. The topological polar surface area (TPSA) is 58.6 Å². The van der Waals surface area contributed by atoms with E-state index in [2.05, 4.69) is 28.9 Å². The maximum absolute atomic E-state index is 13.1. The van der Waals surface area contributed by atoms with E-state index in [1.54, 1.807) is 12.1 Å². The van der Waals surface area contributed by atoms with Crippen LogP contribution in [0, 0.1) is 5.82 Å². The van der Waals surface area contributed by atoms with Gasteiger partial charge < -0.3 is 14.5 Å². The third-order valence-corrected chi connectivity index (χ3v) is 5.64. The lowest BCUT2D eigenvalue weighted by atomic mass is 10.0. The van der Waals surface area contributed by atoms with Gasteiger partial charge in [-0.15, -0.1) is 10.2 Å². The van der Waals surface area contributed by atoms with E-state index in [-0.39, 0.29) is 18.3 Å². The molecule has 1 aliphatic rings. The Labute approximate surface area is 187 Å². The maximum atomic E-state index is 13.1. The number of anilines is 1. The van der Waals surface area contributed by atoms with Crippen molar-refractivity contribution in [3.63, 3.8) is 0 Å². The molecule has 32 heavy (non-hydrogen) atoms. The van der Waals surface area contributed by atoms with Crippen LogP contribution in [0.4, 0.5) is 10.2 Å². The molecule has 0 unspecified atom stereocenters. The Morgan fingerprint density at radius 1 is 0.969 bits per heavy atom. The maximum Gasteiger partial charge on any atom is 0.260 e. The Hall–Kier alpha value is -3.48. The van der Waals surface area contributed by atoms with Crippen molar-refractivity contribution in [1.29, 1.82) is 0 Å². The molecular weight excluding hydrogens is 407 g/mol. The van der Waals surface area contributed by atoms with Crippen molar-refractivity contribution in [1.82, 2.24) is 15.1 Å². The Morgan fingerprint density at radius 3 is 2.34 bits per heavy atom. The number of hydrogen-bond acceptors (Lipinski definition) is 5. The van der Waals surface area contributed by atoms with E-state index in [1.807, 2.05) is 41.3 Å². The number of nitrogens with zero attached hydrogens (tertiary/aromatic N) is 4. The first-order valence-corrected chi connectivity index (χ1v) is 10.9. The molecule has 0 radical (unpaired) electrons. The molecule has 1 aromatic heterocycles. The highest BCUT2D eigenvalue weighted by atomic mass is 19.1. The fraction of sp³-hybridized carbons (Fsp3) is 0.320. The Balaban J connectivity index is 1.30. The van der Waals surface area contributed by atoms with Crippen LogP contribution in [0.3, 0.4) is 0 Å². The molecule has 0 spiro atoms. The first kappa shape index (κ1) is 21.7. The van der Waals surface area contributed by atoms with Gasteiger partial charge in [-0.25, -0.2) is 4.39 Å². The number of rotatable bonds is 6. The quantitative estimate of drug-likeness (QED) is 0.584. The number of aromatic nitrogens is 2. The van der Waals surface area contributed by atoms with E-state index in [4.69, 9.17) is 4.74 Å². The summed E-state index contributed by atoms with van der Waals surface area (Å²) in [6.45, 7) is 6.83. The molecule has 0 N–H and O–H groups in total. The lowest BCUT2D eigenvalue weighted by molar-refractivity contribution is -0.133. The predicted octanol–water partition coefficient (Wildman–Crippen LogP) is 4.13. The molecule has 1 aliphatic heterocycles. The van der Waals surface area contributed by atoms with Gasteiger partial charge in [0.25, 0.3) is 5.91 Å². The van der Waals surface area contributed by atoms with Crippen LogP contribution in [0.5, 0.6) is 5.75 Å². The first-order chi connectivity index (χ1) is 15.5. The second kappa shape index (κ2) is 9.77. The third kappa shape index (κ3) is 5.04. The molecule has 6 nitrogen and oxygen atoms in total. The van der Waals surface area contributed by atoms with Crippen molar-refractivity contribution in [2.45, 2.75) is 19.8 Å². The summed E-state index contributed by atoms with van der Waals surface area (Å²) in [5, 5.41) is 8.61. The number of amides is 1. The third-order valence-electron chi connectivity index (χ3n) is 5.64. The van der Waals surface area contributed by atoms with Crippen LogP contribution < -0.4 is 9.64 Å². The fourth-order valence-corrected chi connectivity index (χ4v) is 3.77. The predicted molar refractivity (Wildman–Crippen MR) is 122 cm³/mol. The van der Waals surface area contributed by atoms with Crippen molar-refractivity contribution in [3.8, 4) is 17.0 Å². The normalized spacial score (nSPS) is 14.0. The number of para-hydroxylation sites is 1. The molecule has 0 saturated carbocycles. The van der Waals surface area contributed by atoms with Crippen LogP contribution in [-0.4, -0.2) is 53.8 Å². The highest BCUT2D eigenvalue weighted by Gasteiger charge is 2.23. The smallest absolute Gasteiger partial charge is 0.260 e. The molecule has 3 aromatic rings. The van der Waals surface area contributed by atoms with E-state index in [1.165, 1.54) is 12.1 Å². The van der Waals surface area contributed by atoms with Gasteiger partial charge in [0, 0.05) is 31.7 Å². The van der Waals surface area contributed by atoms with E-state index in [0.717, 1.165) is 22.7 Å². The lowest BCUT2D eigenvalue weighted by Gasteiger charge is -2.35. The number of piperazine rings is 1. The summed E-state index contributed by atoms with van der Waals surface area (Å²) in [5.41, 5.74) is 2.62. The van der Waals surface area contributed by atoms with Gasteiger partial charge in [0.2, 0.25) is 0 Å². The van der Waals surface area contributed by atoms with Gasteiger partial charge in [0.15, 0.2) is 12.4 Å². The average Bonchev–Trinajstić information content (AvgIpc) is 2.83. The highest BCUT2D eigenvalue weighted by Crippen LogP contribution is 2.26. The van der Waals surface area contributed by atoms with Crippen molar-refractivity contribution in [3.05, 3.63) is 72.0 Å². The standard InChI is InChI=1S/C25H27FN4O2/c1-18(2)21-5-3-4-6-23(21)32-17-25(31)30-15-13-29(14-16-30)24-12-11-22(27-28-24)19-7-9-20(26)10-8-19/h3-12,18H,13-17H2,1-2H3. The summed E-state index contributed by atoms with van der Waals surface area (Å²) >= 11 is 0. The number of benzene rings is 2. The molecule has 1 saturated heterocycles. The summed E-state index contributed by atoms with van der Waals surface area (Å²) in [4.78, 5) is 16.6. The van der Waals surface area contributed by atoms with Crippen molar-refractivity contribution >= 4 is 11.7 Å². The minimum Gasteiger partial charge on any atom is -0.483 e. The van der Waals surface area contributed by atoms with Gasteiger partial charge in [0.05, 0.1) is 5.69 Å². The second-order valence-corrected chi connectivity index (χ2v) is 8.13. The number of halogens is 1. The molecule has 166 valence electrons. The molecule has 1 amide bonds. The number of carbonyl (C=O) groups is 1. The molecule has 4 rings (SSSR count). The van der Waals surface area contributed by atoms with E-state index in [9.17, 15) is 9.18 Å². The summed E-state index contributed by atoms with van der Waals surface area (Å²) in [7, 11) is 0. The van der Waals surface area contributed by atoms with Gasteiger partial charge in [-0.1, -0.05) is 32.0 Å². The molecule has 2 heterocycles. The van der Waals surface area contributed by atoms with Crippen LogP contribution >= 0.6 is 0 Å². The molecule has 0 atom stereocenters.